The van der Waals surface area contributed by atoms with Crippen LogP contribution in [0.3, 0.4) is 0 Å². The highest BCUT2D eigenvalue weighted by atomic mass is 16.3. The highest BCUT2D eigenvalue weighted by Gasteiger charge is 2.12. The Balaban J connectivity index is 1.72. The summed E-state index contributed by atoms with van der Waals surface area (Å²) in [6.45, 7) is 5.58. The van der Waals surface area contributed by atoms with Crippen LogP contribution in [0.1, 0.15) is 18.2 Å². The summed E-state index contributed by atoms with van der Waals surface area (Å²) in [5.74, 6) is 0.820. The molecule has 0 bridgehead atoms. The van der Waals surface area contributed by atoms with Gasteiger partial charge in [-0.15, -0.1) is 0 Å². The molecule has 2 aromatic rings. The van der Waals surface area contributed by atoms with E-state index in [-0.39, 0.29) is 11.9 Å². The van der Waals surface area contributed by atoms with Gasteiger partial charge in [0.05, 0.1) is 32.1 Å². The molecule has 2 heterocycles. The van der Waals surface area contributed by atoms with E-state index in [0.717, 1.165) is 17.9 Å². The van der Waals surface area contributed by atoms with Gasteiger partial charge in [0.15, 0.2) is 0 Å². The fraction of sp³-hybridized carbons (Fsp3) is 0.467. The molecule has 1 atom stereocenters. The number of rotatable bonds is 7. The maximum atomic E-state index is 12.0. The molecule has 0 radical (unpaired) electrons. The van der Waals surface area contributed by atoms with E-state index in [0.29, 0.717) is 13.1 Å². The van der Waals surface area contributed by atoms with E-state index < -0.39 is 0 Å². The van der Waals surface area contributed by atoms with Crippen molar-refractivity contribution in [2.75, 3.05) is 13.6 Å². The third kappa shape index (κ3) is 4.75. The van der Waals surface area contributed by atoms with Crippen molar-refractivity contribution < 1.29 is 9.21 Å². The van der Waals surface area contributed by atoms with Gasteiger partial charge in [-0.3, -0.25) is 9.48 Å². The summed E-state index contributed by atoms with van der Waals surface area (Å²) in [6.07, 6.45) is 5.43. The molecule has 2 aromatic heterocycles. The van der Waals surface area contributed by atoms with Gasteiger partial charge >= 0.3 is 0 Å². The lowest BCUT2D eigenvalue weighted by molar-refractivity contribution is -0.129. The number of likely N-dealkylation sites (N-methyl/N-ethyl adjacent to an activating group) is 1. The van der Waals surface area contributed by atoms with Gasteiger partial charge in [0.25, 0.3) is 0 Å². The largest absolute Gasteiger partial charge is 0.467 e. The molecule has 2 rings (SSSR count). The van der Waals surface area contributed by atoms with Crippen LogP contribution < -0.4 is 5.32 Å². The minimum absolute atomic E-state index is 0.0369. The van der Waals surface area contributed by atoms with Gasteiger partial charge in [0, 0.05) is 19.3 Å². The van der Waals surface area contributed by atoms with Crippen molar-refractivity contribution in [1.82, 2.24) is 20.0 Å². The number of hydrogen-bond acceptors (Lipinski definition) is 4. The molecule has 0 aliphatic carbocycles. The third-order valence-corrected chi connectivity index (χ3v) is 3.22. The first-order valence-electron chi connectivity index (χ1n) is 7.03. The Bertz CT molecular complexity index is 562. The molecular formula is C15H22N4O2. The van der Waals surface area contributed by atoms with Crippen LogP contribution in [0.5, 0.6) is 0 Å². The van der Waals surface area contributed by atoms with E-state index in [4.69, 9.17) is 4.42 Å². The molecule has 0 spiro atoms. The number of aromatic nitrogens is 2. The first-order valence-corrected chi connectivity index (χ1v) is 7.03. The lowest BCUT2D eigenvalue weighted by atomic mass is 10.3. The fourth-order valence-electron chi connectivity index (χ4n) is 2.03. The third-order valence-electron chi connectivity index (χ3n) is 3.22. The Morgan fingerprint density at radius 1 is 1.57 bits per heavy atom. The van der Waals surface area contributed by atoms with Crippen molar-refractivity contribution in [3.8, 4) is 0 Å². The highest BCUT2D eigenvalue weighted by molar-refractivity contribution is 5.77. The smallest absolute Gasteiger partial charge is 0.236 e. The summed E-state index contributed by atoms with van der Waals surface area (Å²) in [6, 6.07) is 3.85. The SMILES string of the molecule is Cc1cnn(C[C@@H](C)NCC(=O)N(C)Cc2ccco2)c1. The van der Waals surface area contributed by atoms with Crippen molar-refractivity contribution in [3.05, 3.63) is 42.1 Å². The second-order valence-electron chi connectivity index (χ2n) is 5.35. The second kappa shape index (κ2) is 7.08. The van der Waals surface area contributed by atoms with Crippen LogP contribution in [-0.2, 0) is 17.9 Å². The normalized spacial score (nSPS) is 12.3. The number of amides is 1. The van der Waals surface area contributed by atoms with E-state index in [1.54, 1.807) is 18.2 Å². The molecule has 0 unspecified atom stereocenters. The minimum atomic E-state index is 0.0369. The number of nitrogens with one attached hydrogen (secondary N) is 1. The molecule has 1 N–H and O–H groups in total. The maximum absolute atomic E-state index is 12.0. The molecule has 0 fully saturated rings. The monoisotopic (exact) mass is 290 g/mol. The molecule has 1 amide bonds. The molecule has 6 nitrogen and oxygen atoms in total. The van der Waals surface area contributed by atoms with Crippen LogP contribution >= 0.6 is 0 Å². The van der Waals surface area contributed by atoms with E-state index >= 15 is 0 Å². The van der Waals surface area contributed by atoms with E-state index in [2.05, 4.69) is 10.4 Å². The number of aryl methyl sites for hydroxylation is 1. The Hall–Kier alpha value is -2.08. The topological polar surface area (TPSA) is 63.3 Å². The van der Waals surface area contributed by atoms with E-state index in [9.17, 15) is 4.79 Å². The molecule has 6 heteroatoms. The summed E-state index contributed by atoms with van der Waals surface area (Å²) < 4.78 is 7.11. The standard InChI is InChI=1S/C15H22N4O2/c1-12-7-17-19(9-12)10-13(2)16-8-15(20)18(3)11-14-5-4-6-21-14/h4-7,9,13,16H,8,10-11H2,1-3H3/t13-/m1/s1. The van der Waals surface area contributed by atoms with Crippen molar-refractivity contribution >= 4 is 5.91 Å². The minimum Gasteiger partial charge on any atom is -0.467 e. The quantitative estimate of drug-likeness (QED) is 0.837. The summed E-state index contributed by atoms with van der Waals surface area (Å²) in [4.78, 5) is 13.7. The van der Waals surface area contributed by atoms with Gasteiger partial charge in [-0.05, 0) is 31.5 Å². The predicted octanol–water partition coefficient (Wildman–Crippen LogP) is 1.42. The Morgan fingerprint density at radius 2 is 2.38 bits per heavy atom. The summed E-state index contributed by atoms with van der Waals surface area (Å²) in [5.41, 5.74) is 1.14. The van der Waals surface area contributed by atoms with Crippen LogP contribution in [0.4, 0.5) is 0 Å². The number of nitrogens with zero attached hydrogens (tertiary/aromatic N) is 3. The zero-order valence-electron chi connectivity index (χ0n) is 12.7. The van der Waals surface area contributed by atoms with Gasteiger partial charge in [-0.25, -0.2) is 0 Å². The molecular weight excluding hydrogens is 268 g/mol. The lowest BCUT2D eigenvalue weighted by Crippen LogP contribution is -2.40. The van der Waals surface area contributed by atoms with Crippen LogP contribution in [0.2, 0.25) is 0 Å². The summed E-state index contributed by atoms with van der Waals surface area (Å²) in [5, 5.41) is 7.45. The van der Waals surface area contributed by atoms with Gasteiger partial charge in [0.1, 0.15) is 5.76 Å². The molecule has 0 aliphatic rings. The van der Waals surface area contributed by atoms with Crippen LogP contribution in [0.15, 0.2) is 35.2 Å². The van der Waals surface area contributed by atoms with Gasteiger partial charge < -0.3 is 14.6 Å². The molecule has 0 aromatic carbocycles. The van der Waals surface area contributed by atoms with Gasteiger partial charge in [0.2, 0.25) is 5.91 Å². The summed E-state index contributed by atoms with van der Waals surface area (Å²) >= 11 is 0. The van der Waals surface area contributed by atoms with Crippen LogP contribution in [0, 0.1) is 6.92 Å². The van der Waals surface area contributed by atoms with Gasteiger partial charge in [-0.1, -0.05) is 0 Å². The van der Waals surface area contributed by atoms with E-state index in [1.165, 1.54) is 0 Å². The number of carbonyl (C=O) groups is 1. The Labute approximate surface area is 124 Å². The van der Waals surface area contributed by atoms with Gasteiger partial charge in [-0.2, -0.15) is 5.10 Å². The number of furan rings is 1. The first kappa shape index (κ1) is 15.3. The molecule has 0 saturated carbocycles. The number of hydrogen-bond donors (Lipinski definition) is 1. The summed E-state index contributed by atoms with van der Waals surface area (Å²) in [7, 11) is 1.77. The molecule has 21 heavy (non-hydrogen) atoms. The van der Waals surface area contributed by atoms with Crippen LogP contribution in [-0.4, -0.2) is 40.2 Å². The molecule has 0 saturated heterocycles. The zero-order chi connectivity index (χ0) is 15.2. The average molecular weight is 290 g/mol. The lowest BCUT2D eigenvalue weighted by Gasteiger charge is -2.18. The van der Waals surface area contributed by atoms with Crippen LogP contribution in [0.25, 0.3) is 0 Å². The zero-order valence-corrected chi connectivity index (χ0v) is 12.7. The number of carbonyl (C=O) groups excluding carboxylic acids is 1. The Morgan fingerprint density at radius 3 is 3.00 bits per heavy atom. The van der Waals surface area contributed by atoms with Crippen molar-refractivity contribution in [1.29, 1.82) is 0 Å². The molecule has 0 aliphatic heterocycles. The average Bonchev–Trinajstić information content (AvgIpc) is 3.08. The Kier molecular flexibility index (Phi) is 5.16. The fourth-order valence-corrected chi connectivity index (χ4v) is 2.03. The second-order valence-corrected chi connectivity index (χ2v) is 5.35. The highest BCUT2D eigenvalue weighted by Crippen LogP contribution is 2.03. The molecule has 114 valence electrons. The van der Waals surface area contributed by atoms with Crippen molar-refractivity contribution in [2.45, 2.75) is 33.0 Å². The predicted molar refractivity (Wildman–Crippen MR) is 79.6 cm³/mol. The van der Waals surface area contributed by atoms with Crippen molar-refractivity contribution in [3.63, 3.8) is 0 Å². The van der Waals surface area contributed by atoms with Crippen molar-refractivity contribution in [2.24, 2.45) is 0 Å². The van der Waals surface area contributed by atoms with E-state index in [1.807, 2.05) is 43.1 Å². The first-order chi connectivity index (χ1) is 10.0. The maximum Gasteiger partial charge on any atom is 0.236 e.